The summed E-state index contributed by atoms with van der Waals surface area (Å²) in [6.45, 7) is 4.30. The number of hydrogen-bond acceptors (Lipinski definition) is 5. The number of hydrogen-bond donors (Lipinski definition) is 2. The number of aromatic nitrogens is 2. The summed E-state index contributed by atoms with van der Waals surface area (Å²) in [6.07, 6.45) is 1.10. The largest absolute Gasteiger partial charge is 0.496 e. The molecule has 146 valence electrons. The van der Waals surface area contributed by atoms with E-state index in [1.807, 2.05) is 6.07 Å². The molecule has 0 atom stereocenters. The number of aryl methyl sites for hydroxylation is 2. The van der Waals surface area contributed by atoms with Crippen molar-refractivity contribution >= 4 is 15.9 Å². The molecule has 1 saturated heterocycles. The van der Waals surface area contributed by atoms with Crippen LogP contribution in [0.1, 0.15) is 34.6 Å². The van der Waals surface area contributed by atoms with E-state index < -0.39 is 10.0 Å². The Hall–Kier alpha value is -2.39. The van der Waals surface area contributed by atoms with Crippen LogP contribution in [0.4, 0.5) is 0 Å². The lowest BCUT2D eigenvalue weighted by molar-refractivity contribution is 0.0708. The van der Waals surface area contributed by atoms with E-state index in [0.717, 1.165) is 0 Å². The minimum atomic E-state index is -3.65. The van der Waals surface area contributed by atoms with E-state index in [0.29, 0.717) is 48.6 Å². The van der Waals surface area contributed by atoms with Crippen LogP contribution in [-0.2, 0) is 10.0 Å². The lowest BCUT2D eigenvalue weighted by Crippen LogP contribution is -2.46. The van der Waals surface area contributed by atoms with Gasteiger partial charge in [-0.25, -0.2) is 13.1 Å². The first-order valence-electron chi connectivity index (χ1n) is 8.79. The summed E-state index contributed by atoms with van der Waals surface area (Å²) in [5.74, 6) is 0.437. The fraction of sp³-hybridized carbons (Fsp3) is 0.444. The molecule has 2 aromatic rings. The Morgan fingerprint density at radius 3 is 2.52 bits per heavy atom. The van der Waals surface area contributed by atoms with Gasteiger partial charge in [0, 0.05) is 19.1 Å². The van der Waals surface area contributed by atoms with Crippen molar-refractivity contribution in [3.05, 3.63) is 41.2 Å². The molecule has 0 saturated carbocycles. The quantitative estimate of drug-likeness (QED) is 0.805. The van der Waals surface area contributed by atoms with Gasteiger partial charge in [-0.3, -0.25) is 9.89 Å². The second-order valence-corrected chi connectivity index (χ2v) is 8.30. The average Bonchev–Trinajstić information content (AvgIpc) is 3.00. The highest BCUT2D eigenvalue weighted by atomic mass is 32.2. The van der Waals surface area contributed by atoms with Crippen molar-refractivity contribution in [2.24, 2.45) is 0 Å². The maximum absolute atomic E-state index is 12.7. The molecule has 1 aromatic heterocycles. The minimum absolute atomic E-state index is 0.102. The van der Waals surface area contributed by atoms with Crippen LogP contribution in [0.25, 0.3) is 0 Å². The SMILES string of the molecule is COc1ccccc1C(=O)N1CCC(NS(=O)(=O)c2c(C)n[nH]c2C)CC1. The molecular weight excluding hydrogens is 368 g/mol. The van der Waals surface area contributed by atoms with Gasteiger partial charge in [0.1, 0.15) is 10.6 Å². The van der Waals surface area contributed by atoms with Crippen LogP contribution in [-0.4, -0.2) is 55.7 Å². The van der Waals surface area contributed by atoms with Gasteiger partial charge >= 0.3 is 0 Å². The molecular formula is C18H24N4O4S. The number of nitrogens with zero attached hydrogens (tertiary/aromatic N) is 2. The Balaban J connectivity index is 1.65. The van der Waals surface area contributed by atoms with Crippen molar-refractivity contribution in [1.82, 2.24) is 19.8 Å². The van der Waals surface area contributed by atoms with Crippen molar-refractivity contribution in [3.63, 3.8) is 0 Å². The molecule has 27 heavy (non-hydrogen) atoms. The molecule has 1 aromatic carbocycles. The summed E-state index contributed by atoms with van der Waals surface area (Å²) in [5, 5.41) is 6.65. The lowest BCUT2D eigenvalue weighted by Gasteiger charge is -2.32. The van der Waals surface area contributed by atoms with E-state index in [4.69, 9.17) is 4.74 Å². The predicted molar refractivity (Wildman–Crippen MR) is 100 cm³/mol. The highest BCUT2D eigenvalue weighted by Crippen LogP contribution is 2.23. The van der Waals surface area contributed by atoms with E-state index in [1.165, 1.54) is 7.11 Å². The molecule has 0 spiro atoms. The number of benzene rings is 1. The lowest BCUT2D eigenvalue weighted by atomic mass is 10.0. The van der Waals surface area contributed by atoms with E-state index in [-0.39, 0.29) is 16.8 Å². The first-order chi connectivity index (χ1) is 12.8. The first kappa shape index (κ1) is 19.4. The Bertz CT molecular complexity index is 911. The molecule has 0 aliphatic carbocycles. The summed E-state index contributed by atoms with van der Waals surface area (Å²) in [7, 11) is -2.11. The monoisotopic (exact) mass is 392 g/mol. The fourth-order valence-electron chi connectivity index (χ4n) is 3.41. The second-order valence-electron chi connectivity index (χ2n) is 6.65. The highest BCUT2D eigenvalue weighted by molar-refractivity contribution is 7.89. The van der Waals surface area contributed by atoms with Crippen LogP contribution in [0, 0.1) is 13.8 Å². The highest BCUT2D eigenvalue weighted by Gasteiger charge is 2.30. The van der Waals surface area contributed by atoms with E-state index in [1.54, 1.807) is 36.9 Å². The number of amides is 1. The Morgan fingerprint density at radius 1 is 1.26 bits per heavy atom. The third-order valence-corrected chi connectivity index (χ3v) is 6.55. The maximum atomic E-state index is 12.7. The molecule has 3 rings (SSSR count). The molecule has 2 N–H and O–H groups in total. The van der Waals surface area contributed by atoms with Crippen molar-refractivity contribution in [1.29, 1.82) is 0 Å². The summed E-state index contributed by atoms with van der Waals surface area (Å²) < 4.78 is 33.3. The molecule has 9 heteroatoms. The smallest absolute Gasteiger partial charge is 0.257 e. The summed E-state index contributed by atoms with van der Waals surface area (Å²) in [5.41, 5.74) is 1.48. The number of sulfonamides is 1. The van der Waals surface area contributed by atoms with Gasteiger partial charge < -0.3 is 9.64 Å². The number of aromatic amines is 1. The van der Waals surface area contributed by atoms with Gasteiger partial charge in [0.25, 0.3) is 5.91 Å². The zero-order valence-electron chi connectivity index (χ0n) is 15.7. The van der Waals surface area contributed by atoms with E-state index >= 15 is 0 Å². The Labute approximate surface area is 159 Å². The van der Waals surface area contributed by atoms with Gasteiger partial charge in [-0.15, -0.1) is 0 Å². The van der Waals surface area contributed by atoms with Crippen LogP contribution >= 0.6 is 0 Å². The fourth-order valence-corrected chi connectivity index (χ4v) is 5.08. The normalized spacial score (nSPS) is 15.7. The third-order valence-electron chi connectivity index (χ3n) is 4.77. The molecule has 0 unspecified atom stereocenters. The number of likely N-dealkylation sites (tertiary alicyclic amines) is 1. The zero-order chi connectivity index (χ0) is 19.6. The van der Waals surface area contributed by atoms with Crippen LogP contribution in [0.5, 0.6) is 5.75 Å². The van der Waals surface area contributed by atoms with Gasteiger partial charge in [-0.2, -0.15) is 5.10 Å². The van der Waals surface area contributed by atoms with Gasteiger partial charge in [-0.1, -0.05) is 12.1 Å². The third kappa shape index (κ3) is 3.98. The maximum Gasteiger partial charge on any atom is 0.257 e. The van der Waals surface area contributed by atoms with Crippen molar-refractivity contribution < 1.29 is 17.9 Å². The summed E-state index contributed by atoms with van der Waals surface area (Å²) in [4.78, 5) is 14.7. The summed E-state index contributed by atoms with van der Waals surface area (Å²) in [6, 6.07) is 6.89. The average molecular weight is 392 g/mol. The number of piperidine rings is 1. The number of carbonyl (C=O) groups excluding carboxylic acids is 1. The molecule has 1 amide bonds. The summed E-state index contributed by atoms with van der Waals surface area (Å²) >= 11 is 0. The van der Waals surface area contributed by atoms with Crippen molar-refractivity contribution in [3.8, 4) is 5.75 Å². The number of carbonyl (C=O) groups is 1. The number of H-pyrrole nitrogens is 1. The van der Waals surface area contributed by atoms with Gasteiger partial charge in [0.05, 0.1) is 24.1 Å². The van der Waals surface area contributed by atoms with Gasteiger partial charge in [0.2, 0.25) is 10.0 Å². The number of methoxy groups -OCH3 is 1. The van der Waals surface area contributed by atoms with Crippen molar-refractivity contribution in [2.45, 2.75) is 37.6 Å². The molecule has 1 fully saturated rings. The second kappa shape index (κ2) is 7.69. The van der Waals surface area contributed by atoms with Gasteiger partial charge in [0.15, 0.2) is 0 Å². The molecule has 8 nitrogen and oxygen atoms in total. The minimum Gasteiger partial charge on any atom is -0.496 e. The Kier molecular flexibility index (Phi) is 5.52. The topological polar surface area (TPSA) is 104 Å². The molecule has 1 aliphatic rings. The number of para-hydroxylation sites is 1. The molecule has 2 heterocycles. The van der Waals surface area contributed by atoms with E-state index in [2.05, 4.69) is 14.9 Å². The van der Waals surface area contributed by atoms with Crippen molar-refractivity contribution in [2.75, 3.05) is 20.2 Å². The standard InChI is InChI=1S/C18H24N4O4S/c1-12-17(13(2)20-19-12)27(24,25)21-14-8-10-22(11-9-14)18(23)15-6-4-5-7-16(15)26-3/h4-7,14,21H,8-11H2,1-3H3,(H,19,20). The molecule has 1 aliphatic heterocycles. The number of rotatable bonds is 5. The first-order valence-corrected chi connectivity index (χ1v) is 10.3. The van der Waals surface area contributed by atoms with E-state index in [9.17, 15) is 13.2 Å². The Morgan fingerprint density at radius 2 is 1.93 bits per heavy atom. The van der Waals surface area contributed by atoms with Crippen LogP contribution in [0.2, 0.25) is 0 Å². The van der Waals surface area contributed by atoms with Crippen LogP contribution < -0.4 is 9.46 Å². The van der Waals surface area contributed by atoms with Crippen LogP contribution in [0.15, 0.2) is 29.2 Å². The predicted octanol–water partition coefficient (Wildman–Crippen LogP) is 1.62. The molecule has 0 bridgehead atoms. The zero-order valence-corrected chi connectivity index (χ0v) is 16.5. The van der Waals surface area contributed by atoms with Crippen LogP contribution in [0.3, 0.4) is 0 Å². The number of ether oxygens (including phenoxy) is 1. The number of nitrogens with one attached hydrogen (secondary N) is 2. The van der Waals surface area contributed by atoms with Gasteiger partial charge in [-0.05, 0) is 38.8 Å². The molecule has 0 radical (unpaired) electrons.